The van der Waals surface area contributed by atoms with Crippen molar-refractivity contribution in [3.63, 3.8) is 0 Å². The number of rotatable bonds is 4. The normalized spacial score (nSPS) is 26.3. The van der Waals surface area contributed by atoms with E-state index in [0.29, 0.717) is 13.0 Å². The van der Waals surface area contributed by atoms with Gasteiger partial charge in [0, 0.05) is 13.0 Å². The third kappa shape index (κ3) is 3.52. The largest absolute Gasteiger partial charge is 0.465 e. The molecule has 1 heterocycles. The smallest absolute Gasteiger partial charge is 0.404 e. The molecule has 0 bridgehead atoms. The van der Waals surface area contributed by atoms with Crippen molar-refractivity contribution in [1.82, 2.24) is 10.8 Å². The van der Waals surface area contributed by atoms with Crippen LogP contribution in [0.25, 0.3) is 0 Å². The molecule has 0 aromatic carbocycles. The molecule has 1 amide bonds. The van der Waals surface area contributed by atoms with Crippen LogP contribution < -0.4 is 10.8 Å². The summed E-state index contributed by atoms with van der Waals surface area (Å²) < 4.78 is 0. The minimum Gasteiger partial charge on any atom is -0.465 e. The van der Waals surface area contributed by atoms with Crippen LogP contribution >= 0.6 is 12.6 Å². The summed E-state index contributed by atoms with van der Waals surface area (Å²) in [4.78, 5) is 20.0. The van der Waals surface area contributed by atoms with Crippen LogP contribution in [0, 0.1) is 5.41 Å². The van der Waals surface area contributed by atoms with Gasteiger partial charge in [0.15, 0.2) is 0 Å². The molecule has 1 aliphatic carbocycles. The van der Waals surface area contributed by atoms with E-state index in [1.54, 1.807) is 0 Å². The molecule has 0 spiro atoms. The van der Waals surface area contributed by atoms with Crippen LogP contribution in [0.4, 0.5) is 4.79 Å². The van der Waals surface area contributed by atoms with E-state index in [2.05, 4.69) is 28.4 Å². The van der Waals surface area contributed by atoms with Crippen LogP contribution in [0.5, 0.6) is 0 Å². The van der Waals surface area contributed by atoms with Crippen molar-refractivity contribution in [2.75, 3.05) is 6.54 Å². The average molecular weight is 273 g/mol. The van der Waals surface area contributed by atoms with Crippen molar-refractivity contribution in [1.29, 1.82) is 0 Å². The van der Waals surface area contributed by atoms with E-state index in [-0.39, 0.29) is 5.41 Å². The molecular formula is C11H19N3O3S. The second-order valence-electron chi connectivity index (χ2n) is 5.02. The number of hydrogen-bond donors (Lipinski definition) is 4. The molecule has 3 N–H and O–H groups in total. The van der Waals surface area contributed by atoms with E-state index in [0.717, 1.165) is 31.5 Å². The summed E-state index contributed by atoms with van der Waals surface area (Å²) in [5.41, 5.74) is 2.28. The quantitative estimate of drug-likeness (QED) is 0.588. The first kappa shape index (κ1) is 13.5. The molecule has 1 unspecified atom stereocenters. The number of thiol groups is 1. The Morgan fingerprint density at radius 2 is 2.28 bits per heavy atom. The first-order valence-corrected chi connectivity index (χ1v) is 6.75. The monoisotopic (exact) mass is 273 g/mol. The number of nitrogens with zero attached hydrogens (tertiary/aromatic N) is 1. The Morgan fingerprint density at radius 1 is 1.56 bits per heavy atom. The fourth-order valence-electron chi connectivity index (χ4n) is 2.72. The van der Waals surface area contributed by atoms with E-state index in [9.17, 15) is 4.79 Å². The maximum Gasteiger partial charge on any atom is 0.404 e. The molecule has 1 fully saturated rings. The number of hydrogen-bond acceptors (Lipinski definition) is 5. The van der Waals surface area contributed by atoms with Gasteiger partial charge >= 0.3 is 6.09 Å². The minimum absolute atomic E-state index is 0.0380. The summed E-state index contributed by atoms with van der Waals surface area (Å²) >= 11 is 4.10. The van der Waals surface area contributed by atoms with E-state index in [1.807, 2.05) is 0 Å². The van der Waals surface area contributed by atoms with Crippen LogP contribution in [0.3, 0.4) is 0 Å². The fourth-order valence-corrected chi connectivity index (χ4v) is 2.92. The molecule has 7 heteroatoms. The number of aliphatic imine (C=N–C) groups is 1. The van der Waals surface area contributed by atoms with Crippen molar-refractivity contribution in [3.05, 3.63) is 0 Å². The van der Waals surface area contributed by atoms with Crippen molar-refractivity contribution in [2.45, 2.75) is 44.1 Å². The lowest BCUT2D eigenvalue weighted by molar-refractivity contribution is 0.0901. The topological polar surface area (TPSA) is 83.0 Å². The van der Waals surface area contributed by atoms with Crippen molar-refractivity contribution in [3.8, 4) is 0 Å². The number of carbonyl (C=O) groups is 1. The van der Waals surface area contributed by atoms with E-state index < -0.39 is 11.7 Å². The summed E-state index contributed by atoms with van der Waals surface area (Å²) in [5, 5.41) is 11.3. The molecule has 2 rings (SSSR count). The lowest BCUT2D eigenvalue weighted by Crippen LogP contribution is -2.41. The van der Waals surface area contributed by atoms with Crippen molar-refractivity contribution < 1.29 is 14.7 Å². The Hall–Kier alpha value is -0.950. The zero-order valence-corrected chi connectivity index (χ0v) is 11.1. The summed E-state index contributed by atoms with van der Waals surface area (Å²) in [7, 11) is 0. The SMILES string of the molecule is O=C(O)NCC1(CC2=NC(S)ON2)CCCCC1. The van der Waals surface area contributed by atoms with Crippen LogP contribution in [0.2, 0.25) is 0 Å². The highest BCUT2D eigenvalue weighted by Gasteiger charge is 2.35. The zero-order valence-electron chi connectivity index (χ0n) is 10.2. The van der Waals surface area contributed by atoms with Gasteiger partial charge in [-0.25, -0.2) is 20.1 Å². The molecular weight excluding hydrogens is 254 g/mol. The highest BCUT2D eigenvalue weighted by Crippen LogP contribution is 2.39. The molecule has 0 radical (unpaired) electrons. The second kappa shape index (κ2) is 5.79. The van der Waals surface area contributed by atoms with Gasteiger partial charge in [-0.2, -0.15) is 0 Å². The predicted octanol–water partition coefficient (Wildman–Crippen LogP) is 1.74. The Bertz CT molecular complexity index is 342. The van der Waals surface area contributed by atoms with Gasteiger partial charge in [-0.15, -0.1) is 12.6 Å². The molecule has 1 aliphatic heterocycles. The molecule has 1 atom stereocenters. The molecule has 0 aromatic rings. The third-order valence-electron chi connectivity index (χ3n) is 3.62. The van der Waals surface area contributed by atoms with Crippen LogP contribution in [-0.2, 0) is 4.84 Å². The number of carboxylic acid groups (broad SMARTS) is 1. The average Bonchev–Trinajstić information content (AvgIpc) is 2.73. The van der Waals surface area contributed by atoms with Crippen LogP contribution in [0.1, 0.15) is 38.5 Å². The first-order chi connectivity index (χ1) is 8.60. The molecule has 6 nitrogen and oxygen atoms in total. The summed E-state index contributed by atoms with van der Waals surface area (Å²) in [5.74, 6) is 0.768. The number of amides is 1. The van der Waals surface area contributed by atoms with Crippen LogP contribution in [-0.4, -0.2) is 29.1 Å². The maximum absolute atomic E-state index is 10.7. The predicted molar refractivity (Wildman–Crippen MR) is 70.6 cm³/mol. The Labute approximate surface area is 112 Å². The van der Waals surface area contributed by atoms with Gasteiger partial charge < -0.3 is 10.4 Å². The van der Waals surface area contributed by atoms with Gasteiger partial charge in [0.1, 0.15) is 5.84 Å². The molecule has 0 saturated heterocycles. The maximum atomic E-state index is 10.7. The molecule has 2 aliphatic rings. The molecule has 0 aromatic heterocycles. The number of amidine groups is 1. The number of nitrogens with one attached hydrogen (secondary N) is 2. The highest BCUT2D eigenvalue weighted by molar-refractivity contribution is 7.80. The fraction of sp³-hybridized carbons (Fsp3) is 0.818. The summed E-state index contributed by atoms with van der Waals surface area (Å²) in [6, 6.07) is 0. The molecule has 18 heavy (non-hydrogen) atoms. The second-order valence-corrected chi connectivity index (χ2v) is 5.46. The number of hydroxylamine groups is 1. The lowest BCUT2D eigenvalue weighted by atomic mass is 9.71. The van der Waals surface area contributed by atoms with E-state index >= 15 is 0 Å². The van der Waals surface area contributed by atoms with Gasteiger partial charge in [0.05, 0.1) is 0 Å². The highest BCUT2D eigenvalue weighted by atomic mass is 32.1. The van der Waals surface area contributed by atoms with E-state index in [1.165, 1.54) is 6.42 Å². The summed E-state index contributed by atoms with van der Waals surface area (Å²) in [6.07, 6.45) is 5.28. The Balaban J connectivity index is 1.99. The van der Waals surface area contributed by atoms with E-state index in [4.69, 9.17) is 9.94 Å². The van der Waals surface area contributed by atoms with Crippen molar-refractivity contribution in [2.24, 2.45) is 10.4 Å². The van der Waals surface area contributed by atoms with Gasteiger partial charge in [-0.1, -0.05) is 19.3 Å². The third-order valence-corrected chi connectivity index (χ3v) is 3.84. The van der Waals surface area contributed by atoms with Crippen LogP contribution in [0.15, 0.2) is 4.99 Å². The minimum atomic E-state index is -0.968. The Kier molecular flexibility index (Phi) is 4.34. The Morgan fingerprint density at radius 3 is 2.83 bits per heavy atom. The van der Waals surface area contributed by atoms with Gasteiger partial charge in [0.25, 0.3) is 0 Å². The lowest BCUT2D eigenvalue weighted by Gasteiger charge is -2.37. The van der Waals surface area contributed by atoms with Gasteiger partial charge in [-0.3, -0.25) is 0 Å². The summed E-state index contributed by atoms with van der Waals surface area (Å²) in [6.45, 7) is 0.472. The van der Waals surface area contributed by atoms with Gasteiger partial charge in [-0.05, 0) is 18.3 Å². The first-order valence-electron chi connectivity index (χ1n) is 6.23. The van der Waals surface area contributed by atoms with Gasteiger partial charge in [0.2, 0.25) is 5.56 Å². The van der Waals surface area contributed by atoms with Crippen molar-refractivity contribution >= 4 is 24.6 Å². The zero-order chi connectivity index (χ0) is 13.0. The molecule has 102 valence electrons. The molecule has 1 saturated carbocycles. The standard InChI is InChI=1S/C11H19N3O3S/c15-9(16)12-7-11(4-2-1-3-5-11)6-8-13-10(18)17-14-8/h10,12,18H,1-7H2,(H,13,14)(H,15,16).